The maximum atomic E-state index is 6.04. The van der Waals surface area contributed by atoms with Crippen molar-refractivity contribution in [1.29, 1.82) is 0 Å². The molecule has 0 spiro atoms. The molecule has 2 N–H and O–H groups in total. The van der Waals surface area contributed by atoms with Crippen LogP contribution in [-0.4, -0.2) is 0 Å². The predicted molar refractivity (Wildman–Crippen MR) is 55.8 cm³/mol. The van der Waals surface area contributed by atoms with Gasteiger partial charge in [-0.2, -0.15) is 0 Å². The van der Waals surface area contributed by atoms with Gasteiger partial charge >= 0.3 is 0 Å². The van der Waals surface area contributed by atoms with Crippen molar-refractivity contribution in [1.82, 2.24) is 0 Å². The Morgan fingerprint density at radius 2 is 2.50 bits per heavy atom. The molecule has 0 saturated carbocycles. The first-order chi connectivity index (χ1) is 5.66. The Morgan fingerprint density at radius 3 is 2.92 bits per heavy atom. The average molecular weight is 202 g/mol. The summed E-state index contributed by atoms with van der Waals surface area (Å²) < 4.78 is 0. The molecular formula is C9H12ClNS. The van der Waals surface area contributed by atoms with Crippen molar-refractivity contribution >= 4 is 22.9 Å². The van der Waals surface area contributed by atoms with Crippen molar-refractivity contribution in [3.05, 3.63) is 33.5 Å². The van der Waals surface area contributed by atoms with Gasteiger partial charge < -0.3 is 5.73 Å². The summed E-state index contributed by atoms with van der Waals surface area (Å²) >= 11 is 7.65. The summed E-state index contributed by atoms with van der Waals surface area (Å²) in [5, 5.41) is 2.84. The summed E-state index contributed by atoms with van der Waals surface area (Å²) in [4.78, 5) is 1.06. The van der Waals surface area contributed by atoms with Crippen molar-refractivity contribution < 1.29 is 0 Å². The van der Waals surface area contributed by atoms with Crippen molar-refractivity contribution in [2.75, 3.05) is 0 Å². The van der Waals surface area contributed by atoms with E-state index in [1.165, 1.54) is 0 Å². The van der Waals surface area contributed by atoms with Crippen molar-refractivity contribution in [3.63, 3.8) is 0 Å². The first-order valence-electron chi connectivity index (χ1n) is 3.76. The van der Waals surface area contributed by atoms with Crippen LogP contribution in [0.4, 0.5) is 0 Å². The van der Waals surface area contributed by atoms with Crippen LogP contribution in [0.3, 0.4) is 0 Å². The van der Waals surface area contributed by atoms with Crippen LogP contribution in [0, 0.1) is 6.92 Å². The smallest absolute Gasteiger partial charge is 0.0590 e. The second-order valence-electron chi connectivity index (χ2n) is 2.73. The van der Waals surface area contributed by atoms with E-state index >= 15 is 0 Å². The van der Waals surface area contributed by atoms with Gasteiger partial charge in [-0.15, -0.1) is 17.9 Å². The van der Waals surface area contributed by atoms with Crippen LogP contribution in [0.15, 0.2) is 18.0 Å². The van der Waals surface area contributed by atoms with E-state index in [4.69, 9.17) is 17.3 Å². The molecule has 1 atom stereocenters. The first kappa shape index (κ1) is 9.78. The molecule has 1 aromatic rings. The minimum atomic E-state index is 0.00806. The van der Waals surface area contributed by atoms with Gasteiger partial charge in [0, 0.05) is 10.9 Å². The number of hydrogen-bond donors (Lipinski definition) is 1. The van der Waals surface area contributed by atoms with Gasteiger partial charge in [0.15, 0.2) is 0 Å². The van der Waals surface area contributed by atoms with Gasteiger partial charge in [-0.05, 0) is 24.3 Å². The molecule has 1 rings (SSSR count). The van der Waals surface area contributed by atoms with E-state index in [1.54, 1.807) is 11.3 Å². The van der Waals surface area contributed by atoms with Crippen LogP contribution < -0.4 is 5.73 Å². The Kier molecular flexibility index (Phi) is 3.32. The van der Waals surface area contributed by atoms with E-state index in [0.29, 0.717) is 0 Å². The zero-order valence-corrected chi connectivity index (χ0v) is 8.58. The van der Waals surface area contributed by atoms with Crippen LogP contribution in [0.2, 0.25) is 5.02 Å². The van der Waals surface area contributed by atoms with E-state index < -0.39 is 0 Å². The molecule has 0 aromatic carbocycles. The molecule has 0 saturated heterocycles. The lowest BCUT2D eigenvalue weighted by Crippen LogP contribution is -2.07. The van der Waals surface area contributed by atoms with Crippen LogP contribution in [0.1, 0.15) is 22.9 Å². The molecule has 1 nitrogen and oxygen atoms in total. The minimum Gasteiger partial charge on any atom is -0.323 e. The third-order valence-electron chi connectivity index (χ3n) is 1.68. The highest BCUT2D eigenvalue weighted by Gasteiger charge is 2.12. The summed E-state index contributed by atoms with van der Waals surface area (Å²) in [5.41, 5.74) is 6.98. The van der Waals surface area contributed by atoms with E-state index in [0.717, 1.165) is 21.9 Å². The fourth-order valence-corrected chi connectivity index (χ4v) is 2.34. The number of aryl methyl sites for hydroxylation is 1. The Hall–Kier alpha value is -0.310. The van der Waals surface area contributed by atoms with Crippen LogP contribution in [0.5, 0.6) is 0 Å². The number of thiophene rings is 1. The van der Waals surface area contributed by atoms with Crippen molar-refractivity contribution in [3.8, 4) is 0 Å². The molecule has 0 radical (unpaired) electrons. The van der Waals surface area contributed by atoms with Crippen molar-refractivity contribution in [2.45, 2.75) is 19.4 Å². The summed E-state index contributed by atoms with van der Waals surface area (Å²) in [6.45, 7) is 5.63. The van der Waals surface area contributed by atoms with Gasteiger partial charge in [0.05, 0.1) is 5.02 Å². The molecule has 12 heavy (non-hydrogen) atoms. The molecule has 0 fully saturated rings. The third-order valence-corrected chi connectivity index (χ3v) is 3.53. The van der Waals surface area contributed by atoms with Gasteiger partial charge in [0.2, 0.25) is 0 Å². The summed E-state index contributed by atoms with van der Waals surface area (Å²) in [7, 11) is 0. The van der Waals surface area contributed by atoms with Crippen LogP contribution in [0.25, 0.3) is 0 Å². The highest BCUT2D eigenvalue weighted by molar-refractivity contribution is 7.10. The zero-order valence-electron chi connectivity index (χ0n) is 7.01. The van der Waals surface area contributed by atoms with Crippen LogP contribution in [-0.2, 0) is 0 Å². The highest BCUT2D eigenvalue weighted by atomic mass is 35.5. The second kappa shape index (κ2) is 4.08. The molecular weight excluding hydrogens is 190 g/mol. The number of hydrogen-bond acceptors (Lipinski definition) is 2. The molecule has 0 aliphatic carbocycles. The lowest BCUT2D eigenvalue weighted by molar-refractivity contribution is 0.757. The molecule has 0 amide bonds. The Balaban J connectivity index is 2.87. The van der Waals surface area contributed by atoms with Gasteiger partial charge in [-0.3, -0.25) is 0 Å². The number of halogens is 1. The van der Waals surface area contributed by atoms with E-state index in [9.17, 15) is 0 Å². The van der Waals surface area contributed by atoms with E-state index in [1.807, 2.05) is 18.4 Å². The molecule has 3 heteroatoms. The molecule has 0 aliphatic rings. The van der Waals surface area contributed by atoms with Gasteiger partial charge in [-0.1, -0.05) is 17.7 Å². The minimum absolute atomic E-state index is 0.00806. The van der Waals surface area contributed by atoms with E-state index in [2.05, 4.69) is 6.58 Å². The Bertz CT molecular complexity index is 280. The maximum absolute atomic E-state index is 6.04. The summed E-state index contributed by atoms with van der Waals surface area (Å²) in [5.74, 6) is 0. The summed E-state index contributed by atoms with van der Waals surface area (Å²) in [6, 6.07) is 0.00806. The predicted octanol–water partition coefficient (Wildman–Crippen LogP) is 3.29. The molecule has 1 aromatic heterocycles. The van der Waals surface area contributed by atoms with Gasteiger partial charge in [0.25, 0.3) is 0 Å². The monoisotopic (exact) mass is 201 g/mol. The fraction of sp³-hybridized carbons (Fsp3) is 0.333. The average Bonchev–Trinajstić information content (AvgIpc) is 2.34. The highest BCUT2D eigenvalue weighted by Crippen LogP contribution is 2.32. The largest absolute Gasteiger partial charge is 0.323 e. The Labute approximate surface area is 81.9 Å². The standard InChI is InChI=1S/C9H12ClNS/c1-3-4-7(11)9-8(10)6(2)5-12-9/h3,5,7H,1,4,11H2,2H3/t7-/m0/s1. The molecule has 0 aliphatic heterocycles. The molecule has 66 valence electrons. The maximum Gasteiger partial charge on any atom is 0.0590 e. The zero-order chi connectivity index (χ0) is 9.14. The topological polar surface area (TPSA) is 26.0 Å². The SMILES string of the molecule is C=CC[C@H](N)c1scc(C)c1Cl. The van der Waals surface area contributed by atoms with Gasteiger partial charge in [0.1, 0.15) is 0 Å². The number of nitrogens with two attached hydrogens (primary N) is 1. The van der Waals surface area contributed by atoms with Gasteiger partial charge in [-0.25, -0.2) is 0 Å². The van der Waals surface area contributed by atoms with Crippen LogP contribution >= 0.6 is 22.9 Å². The lowest BCUT2D eigenvalue weighted by atomic mass is 10.1. The normalized spacial score (nSPS) is 12.9. The quantitative estimate of drug-likeness (QED) is 0.747. The Morgan fingerprint density at radius 1 is 1.83 bits per heavy atom. The fourth-order valence-electron chi connectivity index (χ4n) is 0.986. The van der Waals surface area contributed by atoms with E-state index in [-0.39, 0.29) is 6.04 Å². The van der Waals surface area contributed by atoms with Crippen molar-refractivity contribution in [2.24, 2.45) is 5.73 Å². The third kappa shape index (κ3) is 1.89. The second-order valence-corrected chi connectivity index (χ2v) is 4.02. The molecule has 0 bridgehead atoms. The lowest BCUT2D eigenvalue weighted by Gasteiger charge is -2.06. The summed E-state index contributed by atoms with van der Waals surface area (Å²) in [6.07, 6.45) is 2.59. The first-order valence-corrected chi connectivity index (χ1v) is 5.02. The number of rotatable bonds is 3. The molecule has 1 heterocycles. The molecule has 0 unspecified atom stereocenters.